The number of para-hydroxylation sites is 1. The number of amides is 1. The molecule has 1 amide bonds. The van der Waals surface area contributed by atoms with E-state index in [9.17, 15) is 4.79 Å². The van der Waals surface area contributed by atoms with Crippen LogP contribution in [0.15, 0.2) is 36.4 Å². The fraction of sp³-hybridized carbons (Fsp3) is 0.471. The van der Waals surface area contributed by atoms with Crippen molar-refractivity contribution < 1.29 is 9.53 Å². The van der Waals surface area contributed by atoms with Gasteiger partial charge in [0.15, 0.2) is 0 Å². The van der Waals surface area contributed by atoms with Gasteiger partial charge in [0.25, 0.3) is 0 Å². The van der Waals surface area contributed by atoms with Gasteiger partial charge in [0.2, 0.25) is 5.91 Å². The van der Waals surface area contributed by atoms with Crippen molar-refractivity contribution in [3.05, 3.63) is 42.0 Å². The predicted octanol–water partition coefficient (Wildman–Crippen LogP) is 3.62. The molecular formula is C17H23NO2. The number of nitrogens with one attached hydrogen (secondary N) is 1. The van der Waals surface area contributed by atoms with Crippen molar-refractivity contribution in [1.29, 1.82) is 0 Å². The molecule has 2 rings (SSSR count). The van der Waals surface area contributed by atoms with E-state index >= 15 is 0 Å². The third-order valence-electron chi connectivity index (χ3n) is 3.88. The molecule has 3 heteroatoms. The molecule has 1 N–H and O–H groups in total. The van der Waals surface area contributed by atoms with Crippen LogP contribution in [-0.4, -0.2) is 13.0 Å². The molecular weight excluding hydrogens is 250 g/mol. The number of hydrogen-bond acceptors (Lipinski definition) is 2. The first-order chi connectivity index (χ1) is 9.76. The minimum atomic E-state index is 0.0181. The summed E-state index contributed by atoms with van der Waals surface area (Å²) in [5.41, 5.74) is 1.05. The van der Waals surface area contributed by atoms with Crippen LogP contribution in [0.1, 0.15) is 44.2 Å². The summed E-state index contributed by atoms with van der Waals surface area (Å²) in [4.78, 5) is 12.4. The van der Waals surface area contributed by atoms with Crippen LogP contribution < -0.4 is 10.1 Å². The molecule has 1 aliphatic carbocycles. The standard InChI is InChI=1S/C17H23NO2/c1-3-15(14-11-7-8-12-16(14)20-2)18-17(19)13-9-5-4-6-10-13/h4-5,7-8,11-13,15H,3,6,9-10H2,1-2H3,(H,18,19). The molecule has 108 valence electrons. The zero-order valence-corrected chi connectivity index (χ0v) is 12.3. The quantitative estimate of drug-likeness (QED) is 0.832. The van der Waals surface area contributed by atoms with E-state index in [4.69, 9.17) is 4.74 Å². The molecule has 0 radical (unpaired) electrons. The normalized spacial score (nSPS) is 19.4. The first-order valence-corrected chi connectivity index (χ1v) is 7.34. The molecule has 1 aromatic carbocycles. The number of carbonyl (C=O) groups is 1. The van der Waals surface area contributed by atoms with E-state index in [0.717, 1.165) is 37.0 Å². The average molecular weight is 273 g/mol. The molecule has 0 heterocycles. The summed E-state index contributed by atoms with van der Waals surface area (Å²) in [6.45, 7) is 2.08. The summed E-state index contributed by atoms with van der Waals surface area (Å²) >= 11 is 0. The minimum absolute atomic E-state index is 0.0181. The first kappa shape index (κ1) is 14.6. The van der Waals surface area contributed by atoms with Gasteiger partial charge in [0.05, 0.1) is 13.2 Å². The van der Waals surface area contributed by atoms with E-state index < -0.39 is 0 Å². The summed E-state index contributed by atoms with van der Waals surface area (Å²) in [5, 5.41) is 3.17. The topological polar surface area (TPSA) is 38.3 Å². The third-order valence-corrected chi connectivity index (χ3v) is 3.88. The summed E-state index contributed by atoms with van der Waals surface area (Å²) in [6.07, 6.45) is 7.93. The highest BCUT2D eigenvalue weighted by Crippen LogP contribution is 2.28. The van der Waals surface area contributed by atoms with Crippen molar-refractivity contribution in [3.8, 4) is 5.75 Å². The summed E-state index contributed by atoms with van der Waals surface area (Å²) in [7, 11) is 1.67. The van der Waals surface area contributed by atoms with Gasteiger partial charge in [-0.15, -0.1) is 0 Å². The lowest BCUT2D eigenvalue weighted by Gasteiger charge is -2.24. The maximum atomic E-state index is 12.4. The maximum Gasteiger partial charge on any atom is 0.223 e. The van der Waals surface area contributed by atoms with E-state index in [1.807, 2.05) is 24.3 Å². The van der Waals surface area contributed by atoms with Gasteiger partial charge in [0.1, 0.15) is 5.75 Å². The fourth-order valence-corrected chi connectivity index (χ4v) is 2.68. The largest absolute Gasteiger partial charge is 0.496 e. The second-order valence-electron chi connectivity index (χ2n) is 5.19. The van der Waals surface area contributed by atoms with Crippen LogP contribution in [-0.2, 0) is 4.79 Å². The van der Waals surface area contributed by atoms with Gasteiger partial charge in [-0.05, 0) is 31.7 Å². The minimum Gasteiger partial charge on any atom is -0.496 e. The van der Waals surface area contributed by atoms with Gasteiger partial charge in [-0.25, -0.2) is 0 Å². The van der Waals surface area contributed by atoms with Crippen molar-refractivity contribution in [1.82, 2.24) is 5.32 Å². The zero-order chi connectivity index (χ0) is 14.4. The second-order valence-corrected chi connectivity index (χ2v) is 5.19. The Hall–Kier alpha value is -1.77. The first-order valence-electron chi connectivity index (χ1n) is 7.34. The van der Waals surface area contributed by atoms with Crippen LogP contribution in [0.4, 0.5) is 0 Å². The molecule has 0 saturated heterocycles. The number of allylic oxidation sites excluding steroid dienone is 2. The number of benzene rings is 1. The van der Waals surface area contributed by atoms with Crippen molar-refractivity contribution in [2.45, 2.75) is 38.6 Å². The van der Waals surface area contributed by atoms with Crippen molar-refractivity contribution >= 4 is 5.91 Å². The Balaban J connectivity index is 2.08. The van der Waals surface area contributed by atoms with Crippen LogP contribution >= 0.6 is 0 Å². The average Bonchev–Trinajstić information content (AvgIpc) is 2.53. The molecule has 0 fully saturated rings. The Morgan fingerprint density at radius 1 is 1.40 bits per heavy atom. The predicted molar refractivity (Wildman–Crippen MR) is 80.6 cm³/mol. The molecule has 1 aliphatic rings. The van der Waals surface area contributed by atoms with E-state index in [1.54, 1.807) is 7.11 Å². The molecule has 2 unspecified atom stereocenters. The van der Waals surface area contributed by atoms with Crippen molar-refractivity contribution in [2.24, 2.45) is 5.92 Å². The monoisotopic (exact) mass is 273 g/mol. The lowest BCUT2D eigenvalue weighted by atomic mass is 9.92. The number of hydrogen-bond donors (Lipinski definition) is 1. The number of methoxy groups -OCH3 is 1. The summed E-state index contributed by atoms with van der Waals surface area (Å²) < 4.78 is 5.39. The van der Waals surface area contributed by atoms with Crippen molar-refractivity contribution in [2.75, 3.05) is 7.11 Å². The van der Waals surface area contributed by atoms with Gasteiger partial charge < -0.3 is 10.1 Å². The summed E-state index contributed by atoms with van der Waals surface area (Å²) in [6, 6.07) is 7.91. The Morgan fingerprint density at radius 3 is 2.85 bits per heavy atom. The lowest BCUT2D eigenvalue weighted by Crippen LogP contribution is -2.34. The lowest BCUT2D eigenvalue weighted by molar-refractivity contribution is -0.126. The van der Waals surface area contributed by atoms with E-state index in [2.05, 4.69) is 24.4 Å². The number of rotatable bonds is 5. The van der Waals surface area contributed by atoms with Gasteiger partial charge in [-0.2, -0.15) is 0 Å². The number of carbonyl (C=O) groups excluding carboxylic acids is 1. The van der Waals surface area contributed by atoms with Crippen molar-refractivity contribution in [3.63, 3.8) is 0 Å². The van der Waals surface area contributed by atoms with E-state index in [1.165, 1.54) is 0 Å². The molecule has 20 heavy (non-hydrogen) atoms. The third kappa shape index (κ3) is 3.41. The molecule has 0 saturated carbocycles. The van der Waals surface area contributed by atoms with Crippen LogP contribution in [0.25, 0.3) is 0 Å². The molecule has 0 aliphatic heterocycles. The Kier molecular flexibility index (Phi) is 5.22. The molecule has 0 spiro atoms. The molecule has 0 bridgehead atoms. The Bertz CT molecular complexity index is 482. The summed E-state index contributed by atoms with van der Waals surface area (Å²) in [5.74, 6) is 1.11. The second kappa shape index (κ2) is 7.13. The Labute approximate surface area is 121 Å². The fourth-order valence-electron chi connectivity index (χ4n) is 2.68. The van der Waals surface area contributed by atoms with Crippen LogP contribution in [0.3, 0.4) is 0 Å². The van der Waals surface area contributed by atoms with E-state index in [0.29, 0.717) is 0 Å². The smallest absolute Gasteiger partial charge is 0.223 e. The van der Waals surface area contributed by atoms with Crippen LogP contribution in [0.2, 0.25) is 0 Å². The SMILES string of the molecule is CCC(NC(=O)C1CC=CCC1)c1ccccc1OC. The zero-order valence-electron chi connectivity index (χ0n) is 12.3. The highest BCUT2D eigenvalue weighted by molar-refractivity contribution is 5.79. The van der Waals surface area contributed by atoms with Gasteiger partial charge in [0, 0.05) is 11.5 Å². The molecule has 2 atom stereocenters. The van der Waals surface area contributed by atoms with Gasteiger partial charge in [-0.3, -0.25) is 4.79 Å². The van der Waals surface area contributed by atoms with Crippen LogP contribution in [0, 0.1) is 5.92 Å². The molecule has 0 aromatic heterocycles. The maximum absolute atomic E-state index is 12.4. The number of ether oxygens (including phenoxy) is 1. The van der Waals surface area contributed by atoms with Gasteiger partial charge >= 0.3 is 0 Å². The van der Waals surface area contributed by atoms with Crippen LogP contribution in [0.5, 0.6) is 5.75 Å². The molecule has 1 aromatic rings. The van der Waals surface area contributed by atoms with E-state index in [-0.39, 0.29) is 17.9 Å². The highest BCUT2D eigenvalue weighted by atomic mass is 16.5. The van der Waals surface area contributed by atoms with Gasteiger partial charge in [-0.1, -0.05) is 37.3 Å². The highest BCUT2D eigenvalue weighted by Gasteiger charge is 2.22. The molecule has 3 nitrogen and oxygen atoms in total. The Morgan fingerprint density at radius 2 is 2.20 bits per heavy atom.